The predicted octanol–water partition coefficient (Wildman–Crippen LogP) is 3.34. The quantitative estimate of drug-likeness (QED) is 0.485. The number of fused-ring (bicyclic) bond motifs is 1. The first-order chi connectivity index (χ1) is 15.2. The Morgan fingerprint density at radius 3 is 2.25 bits per heavy atom. The molecule has 0 saturated heterocycles. The van der Waals surface area contributed by atoms with E-state index in [1.807, 2.05) is 67.6 Å². The summed E-state index contributed by atoms with van der Waals surface area (Å²) in [7, 11) is -0.723. The molecule has 0 aliphatic rings. The molecule has 0 heterocycles. The molecule has 0 unspecified atom stereocenters. The molecule has 1 amide bonds. The summed E-state index contributed by atoms with van der Waals surface area (Å²) < 4.78 is 27.4. The summed E-state index contributed by atoms with van der Waals surface area (Å²) in [6, 6.07) is 19.7. The van der Waals surface area contributed by atoms with Crippen LogP contribution in [0.1, 0.15) is 24.0 Å². The predicted molar refractivity (Wildman–Crippen MR) is 128 cm³/mol. The van der Waals surface area contributed by atoms with Gasteiger partial charge < -0.3 is 11.1 Å². The average Bonchev–Trinajstić information content (AvgIpc) is 2.78. The van der Waals surface area contributed by atoms with E-state index in [1.165, 1.54) is 0 Å². The van der Waals surface area contributed by atoms with E-state index in [1.54, 1.807) is 20.2 Å². The minimum atomic E-state index is -3.90. The van der Waals surface area contributed by atoms with Crippen molar-refractivity contribution in [2.75, 3.05) is 20.6 Å². The Hall–Kier alpha value is -2.74. The van der Waals surface area contributed by atoms with Crippen molar-refractivity contribution in [2.45, 2.75) is 37.2 Å². The largest absolute Gasteiger partial charge is 0.347 e. The summed E-state index contributed by atoms with van der Waals surface area (Å²) in [5, 5.41) is 4.48. The number of hydrogen-bond acceptors (Lipinski definition) is 4. The monoisotopic (exact) mass is 454 g/mol. The second kappa shape index (κ2) is 9.81. The highest BCUT2D eigenvalue weighted by molar-refractivity contribution is 7.86. The van der Waals surface area contributed by atoms with E-state index in [9.17, 15) is 13.2 Å². The Labute approximate surface area is 190 Å². The van der Waals surface area contributed by atoms with Gasteiger partial charge in [-0.2, -0.15) is 8.42 Å². The first-order valence-corrected chi connectivity index (χ1v) is 12.2. The number of amides is 1. The zero-order valence-corrected chi connectivity index (χ0v) is 19.7. The smallest absolute Gasteiger partial charge is 0.328 e. The summed E-state index contributed by atoms with van der Waals surface area (Å²) in [5.74, 6) is -0.299. The van der Waals surface area contributed by atoms with Gasteiger partial charge in [-0.05, 0) is 42.5 Å². The van der Waals surface area contributed by atoms with Gasteiger partial charge in [-0.1, -0.05) is 60.7 Å². The highest BCUT2D eigenvalue weighted by Crippen LogP contribution is 2.32. The fourth-order valence-electron chi connectivity index (χ4n) is 4.01. The van der Waals surface area contributed by atoms with E-state index in [-0.39, 0.29) is 10.8 Å². The van der Waals surface area contributed by atoms with Gasteiger partial charge in [0.15, 0.2) is 6.04 Å². The molecule has 3 N–H and O–H groups in total. The molecule has 6 nitrogen and oxygen atoms in total. The van der Waals surface area contributed by atoms with E-state index >= 15 is 0 Å². The second-order valence-electron chi connectivity index (χ2n) is 8.49. The number of aryl methyl sites for hydroxylation is 1. The van der Waals surface area contributed by atoms with Crippen molar-refractivity contribution in [3.05, 3.63) is 77.9 Å². The normalized spacial score (nSPS) is 13.1. The Morgan fingerprint density at radius 1 is 0.969 bits per heavy atom. The number of rotatable bonds is 9. The van der Waals surface area contributed by atoms with Gasteiger partial charge in [-0.3, -0.25) is 4.79 Å². The van der Waals surface area contributed by atoms with E-state index in [0.717, 1.165) is 16.5 Å². The van der Waals surface area contributed by atoms with Crippen LogP contribution in [0.25, 0.3) is 10.8 Å². The van der Waals surface area contributed by atoms with Gasteiger partial charge in [-0.15, -0.1) is 0 Å². The molecule has 0 aliphatic heterocycles. The van der Waals surface area contributed by atoms with Crippen LogP contribution in [0, 0.1) is 6.92 Å². The fourth-order valence-corrected chi connectivity index (χ4v) is 5.75. The summed E-state index contributed by atoms with van der Waals surface area (Å²) in [4.78, 5) is 13.5. The van der Waals surface area contributed by atoms with Crippen LogP contribution in [0.3, 0.4) is 0 Å². The molecule has 170 valence electrons. The number of hydrogen-bond donors (Lipinski definition) is 2. The van der Waals surface area contributed by atoms with Crippen molar-refractivity contribution in [3.63, 3.8) is 0 Å². The molecule has 0 radical (unpaired) electrons. The van der Waals surface area contributed by atoms with Crippen LogP contribution in [0.5, 0.6) is 0 Å². The molecule has 32 heavy (non-hydrogen) atoms. The third-order valence-electron chi connectivity index (χ3n) is 6.04. The van der Waals surface area contributed by atoms with Gasteiger partial charge in [0.05, 0.1) is 14.1 Å². The van der Waals surface area contributed by atoms with Crippen molar-refractivity contribution in [1.29, 1.82) is 0 Å². The third-order valence-corrected chi connectivity index (χ3v) is 8.45. The highest BCUT2D eigenvalue weighted by atomic mass is 32.2. The molecule has 3 aromatic carbocycles. The lowest BCUT2D eigenvalue weighted by Crippen LogP contribution is -2.59. The summed E-state index contributed by atoms with van der Waals surface area (Å²) in [6.07, 6.45) is 0.919. The maximum atomic E-state index is 13.9. The van der Waals surface area contributed by atoms with Gasteiger partial charge in [-0.25, -0.2) is 3.89 Å². The molecular formula is C25H32N3O3S+. The van der Waals surface area contributed by atoms with Crippen molar-refractivity contribution in [3.8, 4) is 0 Å². The van der Waals surface area contributed by atoms with Crippen LogP contribution in [-0.2, 0) is 21.4 Å². The number of carbonyl (C=O) groups is 1. The first-order valence-electron chi connectivity index (χ1n) is 10.8. The molecule has 0 aliphatic carbocycles. The minimum absolute atomic E-state index is 0.234. The van der Waals surface area contributed by atoms with Gasteiger partial charge >= 0.3 is 10.0 Å². The molecule has 0 aromatic heterocycles. The number of nitrogens with zero attached hydrogens (tertiary/aromatic N) is 1. The standard InChI is InChI=1S/C25H31N3O3S/c1-19-15-16-24(22-13-8-7-12-21(19)22)32(30,31)28(2,3)23(14-9-17-26)25(29)27-18-20-10-5-4-6-11-20/h4-8,10-13,15-16,23H,9,14,17-18,26H2,1-3H3/p+1/t23-/m0/s1. The molecule has 3 rings (SSSR count). The Bertz CT molecular complexity index is 1190. The molecule has 1 atom stereocenters. The highest BCUT2D eigenvalue weighted by Gasteiger charge is 2.46. The first kappa shape index (κ1) is 23.9. The number of sulfonamides is 1. The zero-order chi connectivity index (χ0) is 23.4. The third kappa shape index (κ3) is 4.70. The van der Waals surface area contributed by atoms with E-state index in [4.69, 9.17) is 5.73 Å². The van der Waals surface area contributed by atoms with Gasteiger partial charge in [0.25, 0.3) is 5.91 Å². The van der Waals surface area contributed by atoms with Crippen LogP contribution in [-0.4, -0.2) is 44.9 Å². The van der Waals surface area contributed by atoms with Crippen LogP contribution in [0.2, 0.25) is 0 Å². The molecular weight excluding hydrogens is 422 g/mol. The average molecular weight is 455 g/mol. The Morgan fingerprint density at radius 2 is 1.59 bits per heavy atom. The van der Waals surface area contributed by atoms with Crippen LogP contribution >= 0.6 is 0 Å². The van der Waals surface area contributed by atoms with Gasteiger partial charge in [0, 0.05) is 18.4 Å². The molecule has 3 aromatic rings. The van der Waals surface area contributed by atoms with Gasteiger partial charge in [0.1, 0.15) is 4.90 Å². The van der Waals surface area contributed by atoms with Crippen molar-refractivity contribution < 1.29 is 17.1 Å². The van der Waals surface area contributed by atoms with Gasteiger partial charge in [0.2, 0.25) is 0 Å². The second-order valence-corrected chi connectivity index (χ2v) is 10.8. The topological polar surface area (TPSA) is 89.3 Å². The van der Waals surface area contributed by atoms with E-state index in [2.05, 4.69) is 5.32 Å². The summed E-state index contributed by atoms with van der Waals surface area (Å²) in [6.45, 7) is 2.68. The summed E-state index contributed by atoms with van der Waals surface area (Å²) in [5.41, 5.74) is 7.67. The summed E-state index contributed by atoms with van der Waals surface area (Å²) >= 11 is 0. The Kier molecular flexibility index (Phi) is 7.33. The number of likely N-dealkylation sites (N-methyl/N-ethyl adjacent to an activating group) is 1. The number of nitrogens with two attached hydrogens (primary N) is 1. The zero-order valence-electron chi connectivity index (χ0n) is 18.9. The van der Waals surface area contributed by atoms with Crippen molar-refractivity contribution >= 4 is 26.7 Å². The molecule has 0 bridgehead atoms. The van der Waals surface area contributed by atoms with Crippen LogP contribution in [0.4, 0.5) is 0 Å². The lowest BCUT2D eigenvalue weighted by Gasteiger charge is -2.35. The van der Waals surface area contributed by atoms with Crippen molar-refractivity contribution in [1.82, 2.24) is 5.32 Å². The SMILES string of the molecule is Cc1ccc(S(=O)(=O)[N+](C)(C)[C@@H](CCCN)C(=O)NCc2ccccc2)c2ccccc12. The fraction of sp³-hybridized carbons (Fsp3) is 0.320. The Balaban J connectivity index is 1.98. The minimum Gasteiger partial charge on any atom is -0.347 e. The number of carbonyl (C=O) groups excluding carboxylic acids is 1. The van der Waals surface area contributed by atoms with Crippen LogP contribution < -0.4 is 11.1 Å². The number of quaternary nitrogens is 1. The molecule has 7 heteroatoms. The van der Waals surface area contributed by atoms with Crippen molar-refractivity contribution in [2.24, 2.45) is 5.73 Å². The van der Waals surface area contributed by atoms with E-state index in [0.29, 0.717) is 31.3 Å². The number of nitrogens with one attached hydrogen (secondary N) is 1. The van der Waals surface area contributed by atoms with E-state index < -0.39 is 20.0 Å². The lowest BCUT2D eigenvalue weighted by molar-refractivity contribution is -0.781. The maximum Gasteiger partial charge on any atom is 0.328 e. The molecule has 0 fully saturated rings. The molecule has 0 spiro atoms. The lowest BCUT2D eigenvalue weighted by atomic mass is 10.1. The maximum absolute atomic E-state index is 13.9. The van der Waals surface area contributed by atoms with Crippen LogP contribution in [0.15, 0.2) is 71.6 Å². The molecule has 0 saturated carbocycles. The number of benzene rings is 3.